The lowest BCUT2D eigenvalue weighted by molar-refractivity contribution is 0.170. The number of hydrogen-bond acceptors (Lipinski definition) is 3. The van der Waals surface area contributed by atoms with Crippen molar-refractivity contribution in [3.63, 3.8) is 0 Å². The molecule has 0 unspecified atom stereocenters. The third-order valence-corrected chi connectivity index (χ3v) is 7.38. The molecule has 0 atom stereocenters. The molecule has 0 radical (unpaired) electrons. The number of nitrogens with zero attached hydrogens (tertiary/aromatic N) is 2. The van der Waals surface area contributed by atoms with Crippen molar-refractivity contribution in [1.82, 2.24) is 14.5 Å². The lowest BCUT2D eigenvalue weighted by Gasteiger charge is -2.35. The molecule has 3 rings (SSSR count). The van der Waals surface area contributed by atoms with Crippen LogP contribution < -0.4 is 5.32 Å². The standard InChI is InChI=1S/C21H26ClN3O3S/c1-21(2,17-8-10-18(22)11-9-17)16-23-20(26)24-12-14-25(15-13-24)29(27,28)19-6-4-3-5-7-19/h3-11H,12-16H2,1-2H3,(H,23,26). The highest BCUT2D eigenvalue weighted by molar-refractivity contribution is 7.89. The van der Waals surface area contributed by atoms with Crippen LogP contribution in [-0.4, -0.2) is 56.4 Å². The van der Waals surface area contributed by atoms with Crippen LogP contribution in [0.4, 0.5) is 4.79 Å². The summed E-state index contributed by atoms with van der Waals surface area (Å²) in [5.41, 5.74) is 0.833. The molecule has 1 aliphatic rings. The quantitative estimate of drug-likeness (QED) is 0.783. The molecule has 0 aliphatic carbocycles. The van der Waals surface area contributed by atoms with E-state index in [0.717, 1.165) is 5.56 Å². The molecule has 1 fully saturated rings. The summed E-state index contributed by atoms with van der Waals surface area (Å²) in [6, 6.07) is 15.8. The molecule has 1 saturated heterocycles. The molecule has 1 aliphatic heterocycles. The third kappa shape index (κ3) is 5.10. The van der Waals surface area contributed by atoms with E-state index in [2.05, 4.69) is 19.2 Å². The Bertz CT molecular complexity index is 939. The number of benzene rings is 2. The number of sulfonamides is 1. The van der Waals surface area contributed by atoms with Gasteiger partial charge in [-0.2, -0.15) is 4.31 Å². The second kappa shape index (κ2) is 8.73. The summed E-state index contributed by atoms with van der Waals surface area (Å²) in [6.45, 7) is 5.87. The molecule has 156 valence electrons. The van der Waals surface area contributed by atoms with Gasteiger partial charge in [-0.25, -0.2) is 13.2 Å². The largest absolute Gasteiger partial charge is 0.337 e. The zero-order valence-corrected chi connectivity index (χ0v) is 18.2. The minimum Gasteiger partial charge on any atom is -0.337 e. The summed E-state index contributed by atoms with van der Waals surface area (Å²) in [7, 11) is -3.52. The minimum atomic E-state index is -3.52. The van der Waals surface area contributed by atoms with Crippen LogP contribution in [0.15, 0.2) is 59.5 Å². The average molecular weight is 436 g/mol. The number of hydrogen-bond donors (Lipinski definition) is 1. The van der Waals surface area contributed by atoms with E-state index in [1.165, 1.54) is 4.31 Å². The molecule has 0 aromatic heterocycles. The fraction of sp³-hybridized carbons (Fsp3) is 0.381. The fourth-order valence-electron chi connectivity index (χ4n) is 3.28. The predicted octanol–water partition coefficient (Wildman–Crippen LogP) is 3.33. The summed E-state index contributed by atoms with van der Waals surface area (Å²) >= 11 is 5.95. The predicted molar refractivity (Wildman–Crippen MR) is 115 cm³/mol. The molecule has 1 heterocycles. The number of nitrogens with one attached hydrogen (secondary N) is 1. The van der Waals surface area contributed by atoms with Crippen LogP contribution in [0, 0.1) is 0 Å². The molecule has 1 N–H and O–H groups in total. The Morgan fingerprint density at radius 3 is 2.17 bits per heavy atom. The van der Waals surface area contributed by atoms with Crippen molar-refractivity contribution in [2.24, 2.45) is 0 Å². The van der Waals surface area contributed by atoms with E-state index >= 15 is 0 Å². The van der Waals surface area contributed by atoms with E-state index < -0.39 is 10.0 Å². The van der Waals surface area contributed by atoms with Crippen LogP contribution in [0.25, 0.3) is 0 Å². The second-order valence-corrected chi connectivity index (χ2v) is 10.1. The van der Waals surface area contributed by atoms with Gasteiger partial charge in [0.05, 0.1) is 4.90 Å². The Morgan fingerprint density at radius 1 is 1.00 bits per heavy atom. The van der Waals surface area contributed by atoms with Crippen molar-refractivity contribution >= 4 is 27.7 Å². The van der Waals surface area contributed by atoms with Crippen LogP contribution in [0.1, 0.15) is 19.4 Å². The van der Waals surface area contributed by atoms with Gasteiger partial charge in [0, 0.05) is 43.2 Å². The highest BCUT2D eigenvalue weighted by Crippen LogP contribution is 2.24. The van der Waals surface area contributed by atoms with Crippen LogP contribution in [0.5, 0.6) is 0 Å². The Hall–Kier alpha value is -2.09. The van der Waals surface area contributed by atoms with E-state index in [4.69, 9.17) is 11.6 Å². The van der Waals surface area contributed by atoms with Gasteiger partial charge in [0.25, 0.3) is 0 Å². The first kappa shape index (κ1) is 21.6. The van der Waals surface area contributed by atoms with Crippen molar-refractivity contribution < 1.29 is 13.2 Å². The highest BCUT2D eigenvalue weighted by atomic mass is 35.5. The van der Waals surface area contributed by atoms with Gasteiger partial charge < -0.3 is 10.2 Å². The summed E-state index contributed by atoms with van der Waals surface area (Å²) in [5.74, 6) is 0. The van der Waals surface area contributed by atoms with Gasteiger partial charge in [-0.1, -0.05) is 55.8 Å². The molecular weight excluding hydrogens is 410 g/mol. The molecule has 6 nitrogen and oxygen atoms in total. The molecule has 2 aromatic carbocycles. The molecule has 2 aromatic rings. The van der Waals surface area contributed by atoms with Crippen molar-refractivity contribution in [2.45, 2.75) is 24.2 Å². The van der Waals surface area contributed by atoms with Gasteiger partial charge in [-0.05, 0) is 29.8 Å². The van der Waals surface area contributed by atoms with Gasteiger partial charge in [0.2, 0.25) is 10.0 Å². The summed E-state index contributed by atoms with van der Waals surface area (Å²) in [5, 5.41) is 3.65. The fourth-order valence-corrected chi connectivity index (χ4v) is 4.85. The highest BCUT2D eigenvalue weighted by Gasteiger charge is 2.30. The number of piperazine rings is 1. The zero-order valence-electron chi connectivity index (χ0n) is 16.6. The van der Waals surface area contributed by atoms with E-state index in [0.29, 0.717) is 24.7 Å². The lowest BCUT2D eigenvalue weighted by Crippen LogP contribution is -2.54. The number of urea groups is 1. The van der Waals surface area contributed by atoms with Gasteiger partial charge in [0.15, 0.2) is 0 Å². The van der Waals surface area contributed by atoms with Gasteiger partial charge in [0.1, 0.15) is 0 Å². The molecule has 8 heteroatoms. The molecule has 29 heavy (non-hydrogen) atoms. The minimum absolute atomic E-state index is 0.177. The Morgan fingerprint density at radius 2 is 1.59 bits per heavy atom. The number of rotatable bonds is 5. The Kier molecular flexibility index (Phi) is 6.51. The van der Waals surface area contributed by atoms with Crippen molar-refractivity contribution in [3.8, 4) is 0 Å². The average Bonchev–Trinajstić information content (AvgIpc) is 2.73. The maximum Gasteiger partial charge on any atom is 0.317 e. The number of carbonyl (C=O) groups is 1. The summed E-state index contributed by atoms with van der Waals surface area (Å²) < 4.78 is 26.8. The molecule has 0 bridgehead atoms. The first-order chi connectivity index (χ1) is 13.7. The topological polar surface area (TPSA) is 69.7 Å². The monoisotopic (exact) mass is 435 g/mol. The Balaban J connectivity index is 1.54. The van der Waals surface area contributed by atoms with Gasteiger partial charge in [-0.3, -0.25) is 0 Å². The van der Waals surface area contributed by atoms with E-state index in [9.17, 15) is 13.2 Å². The van der Waals surface area contributed by atoms with Crippen LogP contribution in [0.2, 0.25) is 5.02 Å². The summed E-state index contributed by atoms with van der Waals surface area (Å²) in [6.07, 6.45) is 0. The zero-order chi connectivity index (χ0) is 21.1. The maximum atomic E-state index is 12.7. The first-order valence-electron chi connectivity index (χ1n) is 9.54. The molecule has 0 saturated carbocycles. The lowest BCUT2D eigenvalue weighted by atomic mass is 9.85. The van der Waals surface area contributed by atoms with E-state index in [-0.39, 0.29) is 29.4 Å². The van der Waals surface area contributed by atoms with Crippen LogP contribution in [0.3, 0.4) is 0 Å². The van der Waals surface area contributed by atoms with Gasteiger partial charge in [-0.15, -0.1) is 0 Å². The SMILES string of the molecule is CC(C)(CNC(=O)N1CCN(S(=O)(=O)c2ccccc2)CC1)c1ccc(Cl)cc1. The number of amides is 2. The molecule has 0 spiro atoms. The van der Waals surface area contributed by atoms with Crippen LogP contribution in [-0.2, 0) is 15.4 Å². The number of carbonyl (C=O) groups excluding carboxylic acids is 1. The normalized spacial score (nSPS) is 15.9. The maximum absolute atomic E-state index is 12.7. The molecule has 2 amide bonds. The van der Waals surface area contributed by atoms with Crippen LogP contribution >= 0.6 is 11.6 Å². The first-order valence-corrected chi connectivity index (χ1v) is 11.4. The second-order valence-electron chi connectivity index (χ2n) is 7.75. The van der Waals surface area contributed by atoms with Gasteiger partial charge >= 0.3 is 6.03 Å². The van der Waals surface area contributed by atoms with Crippen molar-refractivity contribution in [3.05, 3.63) is 65.2 Å². The van der Waals surface area contributed by atoms with E-state index in [1.807, 2.05) is 24.3 Å². The van der Waals surface area contributed by atoms with Crippen molar-refractivity contribution in [1.29, 1.82) is 0 Å². The molecular formula is C21H26ClN3O3S. The third-order valence-electron chi connectivity index (χ3n) is 5.21. The Labute approximate surface area is 177 Å². The summed E-state index contributed by atoms with van der Waals surface area (Å²) in [4.78, 5) is 14.5. The number of halogens is 1. The van der Waals surface area contributed by atoms with E-state index in [1.54, 1.807) is 35.2 Å². The van der Waals surface area contributed by atoms with Crippen molar-refractivity contribution in [2.75, 3.05) is 32.7 Å². The smallest absolute Gasteiger partial charge is 0.317 e.